The highest BCUT2D eigenvalue weighted by Gasteiger charge is 2.18. The van der Waals surface area contributed by atoms with E-state index in [-0.39, 0.29) is 17.6 Å². The maximum absolute atomic E-state index is 12.6. The third-order valence-electron chi connectivity index (χ3n) is 5.93. The number of ether oxygens (including phenoxy) is 2. The van der Waals surface area contributed by atoms with Crippen LogP contribution in [-0.4, -0.2) is 36.3 Å². The van der Waals surface area contributed by atoms with E-state index in [2.05, 4.69) is 28.1 Å². The smallest absolute Gasteiger partial charge is 0.262 e. The molecule has 1 aromatic heterocycles. The van der Waals surface area contributed by atoms with Crippen LogP contribution in [0.2, 0.25) is 0 Å². The normalized spacial score (nSPS) is 16.0. The van der Waals surface area contributed by atoms with Crippen LogP contribution in [0.4, 0.5) is 0 Å². The molecule has 2 heterocycles. The number of benzene rings is 2. The lowest BCUT2D eigenvalue weighted by Crippen LogP contribution is -2.32. The molecule has 0 spiro atoms. The molecule has 1 aliphatic rings. The van der Waals surface area contributed by atoms with Crippen molar-refractivity contribution < 1.29 is 14.3 Å². The lowest BCUT2D eigenvalue weighted by molar-refractivity contribution is -0.117. The van der Waals surface area contributed by atoms with Gasteiger partial charge in [-0.1, -0.05) is 30.3 Å². The number of nitrogens with zero attached hydrogens (tertiary/aromatic N) is 2. The van der Waals surface area contributed by atoms with E-state index in [9.17, 15) is 10.1 Å². The number of fused-ring (bicyclic) bond motifs is 1. The standard InChI is InChI=1S/C27H29N3O3/c1-19-9-10-20(2)26(14-19)33-13-11-30-18-22(24-7-3-4-8-25(24)30)15-21(16-28)27(31)29-17-23-6-5-12-32-23/h3-4,7-10,14-15,18,23H,5-6,11-13,17H2,1-2H3,(H,29,31). The molecule has 1 amide bonds. The molecule has 0 bridgehead atoms. The van der Waals surface area contributed by atoms with Crippen LogP contribution in [0.25, 0.3) is 17.0 Å². The molecule has 0 radical (unpaired) electrons. The maximum Gasteiger partial charge on any atom is 0.262 e. The van der Waals surface area contributed by atoms with Crippen LogP contribution in [0.3, 0.4) is 0 Å². The Kier molecular flexibility index (Phi) is 7.11. The fraction of sp³-hybridized carbons (Fsp3) is 0.333. The largest absolute Gasteiger partial charge is 0.491 e. The third-order valence-corrected chi connectivity index (χ3v) is 5.93. The molecule has 1 fully saturated rings. The van der Waals surface area contributed by atoms with Crippen molar-refractivity contribution in [2.45, 2.75) is 39.3 Å². The zero-order valence-corrected chi connectivity index (χ0v) is 19.1. The summed E-state index contributed by atoms with van der Waals surface area (Å²) in [5, 5.41) is 13.4. The van der Waals surface area contributed by atoms with Gasteiger partial charge in [-0.05, 0) is 56.0 Å². The topological polar surface area (TPSA) is 76.3 Å². The third kappa shape index (κ3) is 5.44. The van der Waals surface area contributed by atoms with E-state index in [0.29, 0.717) is 19.7 Å². The summed E-state index contributed by atoms with van der Waals surface area (Å²) in [6.45, 7) is 6.40. The summed E-state index contributed by atoms with van der Waals surface area (Å²) < 4.78 is 13.7. The van der Waals surface area contributed by atoms with Gasteiger partial charge in [0, 0.05) is 35.8 Å². The van der Waals surface area contributed by atoms with E-state index >= 15 is 0 Å². The average molecular weight is 444 g/mol. The molecule has 33 heavy (non-hydrogen) atoms. The Morgan fingerprint density at radius 3 is 2.94 bits per heavy atom. The Morgan fingerprint density at radius 2 is 2.15 bits per heavy atom. The van der Waals surface area contributed by atoms with Gasteiger partial charge in [-0.15, -0.1) is 0 Å². The molecule has 1 unspecified atom stereocenters. The first kappa shape index (κ1) is 22.6. The van der Waals surface area contributed by atoms with Crippen molar-refractivity contribution in [1.82, 2.24) is 9.88 Å². The second-order valence-electron chi connectivity index (χ2n) is 8.43. The number of carbonyl (C=O) groups excluding carboxylic acids is 1. The molecule has 1 atom stereocenters. The molecule has 4 rings (SSSR count). The van der Waals surface area contributed by atoms with Crippen LogP contribution in [0, 0.1) is 25.2 Å². The molecule has 2 aromatic carbocycles. The summed E-state index contributed by atoms with van der Waals surface area (Å²) >= 11 is 0. The van der Waals surface area contributed by atoms with Crippen molar-refractivity contribution in [3.8, 4) is 11.8 Å². The Hall–Kier alpha value is -3.56. The molecule has 0 aliphatic carbocycles. The first-order valence-corrected chi connectivity index (χ1v) is 11.3. The molecule has 6 heteroatoms. The Balaban J connectivity index is 1.50. The second-order valence-corrected chi connectivity index (χ2v) is 8.43. The summed E-state index contributed by atoms with van der Waals surface area (Å²) in [5.74, 6) is 0.518. The number of hydrogen-bond donors (Lipinski definition) is 1. The number of nitriles is 1. The van der Waals surface area contributed by atoms with Crippen LogP contribution in [0.1, 0.15) is 29.5 Å². The minimum Gasteiger partial charge on any atom is -0.491 e. The zero-order chi connectivity index (χ0) is 23.2. The fourth-order valence-corrected chi connectivity index (χ4v) is 4.10. The van der Waals surface area contributed by atoms with Crippen molar-refractivity contribution in [2.24, 2.45) is 0 Å². The number of hydrogen-bond acceptors (Lipinski definition) is 4. The molecule has 6 nitrogen and oxygen atoms in total. The van der Waals surface area contributed by atoms with Crippen molar-refractivity contribution in [2.75, 3.05) is 19.8 Å². The summed E-state index contributed by atoms with van der Waals surface area (Å²) in [5.41, 5.74) is 4.22. The van der Waals surface area contributed by atoms with E-state index in [0.717, 1.165) is 52.8 Å². The van der Waals surface area contributed by atoms with Gasteiger partial charge < -0.3 is 19.4 Å². The number of aryl methyl sites for hydroxylation is 2. The van der Waals surface area contributed by atoms with Crippen LogP contribution in [-0.2, 0) is 16.1 Å². The molecule has 170 valence electrons. The fourth-order valence-electron chi connectivity index (χ4n) is 4.10. The number of para-hydroxylation sites is 1. The quantitative estimate of drug-likeness (QED) is 0.410. The summed E-state index contributed by atoms with van der Waals surface area (Å²) in [6, 6.07) is 16.2. The van der Waals surface area contributed by atoms with Crippen molar-refractivity contribution in [1.29, 1.82) is 5.26 Å². The lowest BCUT2D eigenvalue weighted by atomic mass is 10.1. The van der Waals surface area contributed by atoms with Gasteiger partial charge in [-0.3, -0.25) is 4.79 Å². The first-order valence-electron chi connectivity index (χ1n) is 11.3. The van der Waals surface area contributed by atoms with E-state index in [4.69, 9.17) is 9.47 Å². The van der Waals surface area contributed by atoms with E-state index in [1.165, 1.54) is 0 Å². The van der Waals surface area contributed by atoms with Gasteiger partial charge in [0.25, 0.3) is 5.91 Å². The van der Waals surface area contributed by atoms with Gasteiger partial charge in [-0.2, -0.15) is 5.26 Å². The molecule has 1 saturated heterocycles. The minimum atomic E-state index is -0.372. The first-order chi connectivity index (χ1) is 16.0. The van der Waals surface area contributed by atoms with Crippen LogP contribution in [0.15, 0.2) is 54.2 Å². The van der Waals surface area contributed by atoms with Crippen molar-refractivity contribution in [3.05, 3.63) is 70.9 Å². The molecular weight excluding hydrogens is 414 g/mol. The Labute approximate surface area is 194 Å². The molecule has 0 saturated carbocycles. The molecule has 1 N–H and O–H groups in total. The lowest BCUT2D eigenvalue weighted by Gasteiger charge is -2.11. The maximum atomic E-state index is 12.6. The highest BCUT2D eigenvalue weighted by molar-refractivity contribution is 6.04. The molecular formula is C27H29N3O3. The van der Waals surface area contributed by atoms with Crippen molar-refractivity contribution >= 4 is 22.9 Å². The SMILES string of the molecule is Cc1ccc(C)c(OCCn2cc(C=C(C#N)C(=O)NCC3CCCO3)c3ccccc32)c1. The number of aromatic nitrogens is 1. The van der Waals surface area contributed by atoms with E-state index in [1.807, 2.05) is 50.4 Å². The summed E-state index contributed by atoms with van der Waals surface area (Å²) in [4.78, 5) is 12.6. The van der Waals surface area contributed by atoms with Gasteiger partial charge in [0.1, 0.15) is 24.0 Å². The Morgan fingerprint density at radius 1 is 1.30 bits per heavy atom. The minimum absolute atomic E-state index is 0.0350. The van der Waals surface area contributed by atoms with Crippen LogP contribution >= 0.6 is 0 Å². The van der Waals surface area contributed by atoms with E-state index in [1.54, 1.807) is 6.08 Å². The second kappa shape index (κ2) is 10.4. The highest BCUT2D eigenvalue weighted by Crippen LogP contribution is 2.24. The van der Waals surface area contributed by atoms with Gasteiger partial charge in [0.05, 0.1) is 12.6 Å². The van der Waals surface area contributed by atoms with Crippen molar-refractivity contribution in [3.63, 3.8) is 0 Å². The molecule has 3 aromatic rings. The van der Waals surface area contributed by atoms with Crippen LogP contribution < -0.4 is 10.1 Å². The van der Waals surface area contributed by atoms with Gasteiger partial charge in [0.2, 0.25) is 0 Å². The number of nitrogens with one attached hydrogen (secondary N) is 1. The van der Waals surface area contributed by atoms with Crippen LogP contribution in [0.5, 0.6) is 5.75 Å². The summed E-state index contributed by atoms with van der Waals surface area (Å²) in [6.07, 6.45) is 5.61. The average Bonchev–Trinajstić information content (AvgIpc) is 3.46. The number of carbonyl (C=O) groups is 1. The van der Waals surface area contributed by atoms with Gasteiger partial charge in [-0.25, -0.2) is 0 Å². The number of rotatable bonds is 8. The predicted molar refractivity (Wildman–Crippen MR) is 129 cm³/mol. The highest BCUT2D eigenvalue weighted by atomic mass is 16.5. The van der Waals surface area contributed by atoms with Gasteiger partial charge in [0.15, 0.2) is 0 Å². The number of amides is 1. The monoisotopic (exact) mass is 443 g/mol. The molecule has 1 aliphatic heterocycles. The van der Waals surface area contributed by atoms with E-state index < -0.39 is 0 Å². The Bertz CT molecular complexity index is 1210. The van der Waals surface area contributed by atoms with Gasteiger partial charge >= 0.3 is 0 Å². The predicted octanol–water partition coefficient (Wildman–Crippen LogP) is 4.54. The zero-order valence-electron chi connectivity index (χ0n) is 19.1. The summed E-state index contributed by atoms with van der Waals surface area (Å²) in [7, 11) is 0.